The maximum Gasteiger partial charge on any atom is 0.249 e. The molecule has 0 aliphatic carbocycles. The number of carbonyl (C=O) groups excluding carboxylic acids is 1. The summed E-state index contributed by atoms with van der Waals surface area (Å²) in [7, 11) is 0. The van der Waals surface area contributed by atoms with Crippen LogP contribution in [-0.2, 0) is 11.3 Å². The molecule has 120 valence electrons. The number of nitrogens with one attached hydrogen (secondary N) is 1. The average molecular weight is 317 g/mol. The highest BCUT2D eigenvalue weighted by molar-refractivity contribution is 6.06. The van der Waals surface area contributed by atoms with Crippen LogP contribution in [0.2, 0.25) is 0 Å². The lowest BCUT2D eigenvalue weighted by Crippen LogP contribution is -2.45. The van der Waals surface area contributed by atoms with E-state index >= 15 is 0 Å². The Hall–Kier alpha value is -2.93. The van der Waals surface area contributed by atoms with Crippen molar-refractivity contribution < 1.29 is 4.79 Å². The molecule has 0 aromatic heterocycles. The summed E-state index contributed by atoms with van der Waals surface area (Å²) in [6.07, 6.45) is 0.496. The molecule has 0 saturated heterocycles. The SMILES string of the molecule is C[C@]1(C(=O)NCc2ccccc2)N=C(c2ccccc2)C[C@@H]1C#N. The average Bonchev–Trinajstić information content (AvgIpc) is 2.99. The van der Waals surface area contributed by atoms with E-state index in [-0.39, 0.29) is 5.91 Å². The van der Waals surface area contributed by atoms with E-state index in [0.717, 1.165) is 16.8 Å². The fraction of sp³-hybridized carbons (Fsp3) is 0.250. The molecule has 4 nitrogen and oxygen atoms in total. The number of amides is 1. The van der Waals surface area contributed by atoms with Crippen molar-refractivity contribution in [2.75, 3.05) is 0 Å². The van der Waals surface area contributed by atoms with Crippen LogP contribution in [0.1, 0.15) is 24.5 Å². The summed E-state index contributed by atoms with van der Waals surface area (Å²) in [5, 5.41) is 12.4. The fourth-order valence-electron chi connectivity index (χ4n) is 2.95. The van der Waals surface area contributed by atoms with E-state index in [2.05, 4.69) is 16.4 Å². The number of aliphatic imine (C=N–C) groups is 1. The van der Waals surface area contributed by atoms with Crippen LogP contribution in [0.4, 0.5) is 0 Å². The number of hydrogen-bond acceptors (Lipinski definition) is 3. The van der Waals surface area contributed by atoms with E-state index in [1.807, 2.05) is 60.7 Å². The van der Waals surface area contributed by atoms with Gasteiger partial charge in [-0.25, -0.2) is 0 Å². The van der Waals surface area contributed by atoms with E-state index in [1.165, 1.54) is 0 Å². The molecule has 24 heavy (non-hydrogen) atoms. The second kappa shape index (κ2) is 6.67. The first kappa shape index (κ1) is 15.9. The molecular weight excluding hydrogens is 298 g/mol. The Morgan fingerprint density at radius 2 is 1.83 bits per heavy atom. The summed E-state index contributed by atoms with van der Waals surface area (Å²) < 4.78 is 0. The third kappa shape index (κ3) is 3.07. The molecule has 2 aromatic carbocycles. The number of hydrogen-bond donors (Lipinski definition) is 1. The Labute approximate surface area is 141 Å². The summed E-state index contributed by atoms with van der Waals surface area (Å²) in [6, 6.07) is 21.7. The van der Waals surface area contributed by atoms with E-state index in [0.29, 0.717) is 13.0 Å². The topological polar surface area (TPSA) is 65.2 Å². The van der Waals surface area contributed by atoms with Crippen LogP contribution in [0.5, 0.6) is 0 Å². The van der Waals surface area contributed by atoms with E-state index in [9.17, 15) is 10.1 Å². The molecule has 1 amide bonds. The third-order valence-electron chi connectivity index (χ3n) is 4.46. The van der Waals surface area contributed by atoms with Gasteiger partial charge in [0.2, 0.25) is 5.91 Å². The highest BCUT2D eigenvalue weighted by atomic mass is 16.2. The quantitative estimate of drug-likeness (QED) is 0.941. The molecule has 2 atom stereocenters. The summed E-state index contributed by atoms with van der Waals surface area (Å²) in [5.74, 6) is -0.660. The minimum absolute atomic E-state index is 0.205. The van der Waals surface area contributed by atoms with E-state index in [4.69, 9.17) is 0 Å². The molecule has 1 aliphatic heterocycles. The highest BCUT2D eigenvalue weighted by Crippen LogP contribution is 2.34. The van der Waals surface area contributed by atoms with E-state index in [1.54, 1.807) is 6.92 Å². The zero-order valence-electron chi connectivity index (χ0n) is 13.6. The molecule has 4 heteroatoms. The van der Waals surface area contributed by atoms with Crippen molar-refractivity contribution in [1.29, 1.82) is 5.26 Å². The predicted molar refractivity (Wildman–Crippen MR) is 93.4 cm³/mol. The van der Waals surface area contributed by atoms with Gasteiger partial charge in [-0.1, -0.05) is 60.7 Å². The smallest absolute Gasteiger partial charge is 0.249 e. The lowest BCUT2D eigenvalue weighted by Gasteiger charge is -2.23. The highest BCUT2D eigenvalue weighted by Gasteiger charge is 2.46. The van der Waals surface area contributed by atoms with Crippen molar-refractivity contribution in [3.8, 4) is 6.07 Å². The normalized spacial score (nSPS) is 22.5. The van der Waals surface area contributed by atoms with Crippen molar-refractivity contribution >= 4 is 11.6 Å². The molecule has 0 saturated carbocycles. The van der Waals surface area contributed by atoms with E-state index < -0.39 is 11.5 Å². The van der Waals surface area contributed by atoms with Crippen LogP contribution in [0.3, 0.4) is 0 Å². The van der Waals surface area contributed by atoms with Crippen molar-refractivity contribution in [2.24, 2.45) is 10.9 Å². The zero-order valence-corrected chi connectivity index (χ0v) is 13.6. The summed E-state index contributed by atoms with van der Waals surface area (Å²) in [4.78, 5) is 17.4. The lowest BCUT2D eigenvalue weighted by molar-refractivity contribution is -0.126. The standard InChI is InChI=1S/C20H19N3O/c1-20(19(24)22-14-15-8-4-2-5-9-15)17(13-21)12-18(23-20)16-10-6-3-7-11-16/h2-11,17H,12,14H2,1H3,(H,22,24)/t17-,20+/m1/s1. The molecule has 0 fully saturated rings. The largest absolute Gasteiger partial charge is 0.350 e. The first-order valence-corrected chi connectivity index (χ1v) is 7.99. The number of carbonyl (C=O) groups is 1. The monoisotopic (exact) mass is 317 g/mol. The van der Waals surface area contributed by atoms with Gasteiger partial charge in [-0.05, 0) is 18.1 Å². The minimum Gasteiger partial charge on any atom is -0.350 e. The Morgan fingerprint density at radius 1 is 1.21 bits per heavy atom. The molecule has 0 spiro atoms. The number of nitriles is 1. The van der Waals surface area contributed by atoms with Gasteiger partial charge in [-0.2, -0.15) is 5.26 Å². The number of benzene rings is 2. The molecule has 0 bridgehead atoms. The van der Waals surface area contributed by atoms with Gasteiger partial charge in [0, 0.05) is 18.7 Å². The third-order valence-corrected chi connectivity index (χ3v) is 4.46. The first-order chi connectivity index (χ1) is 11.6. The van der Waals surface area contributed by atoms with Gasteiger partial charge in [0.25, 0.3) is 0 Å². The van der Waals surface area contributed by atoms with Crippen molar-refractivity contribution in [3.63, 3.8) is 0 Å². The molecule has 1 aliphatic rings. The number of nitrogens with zero attached hydrogens (tertiary/aromatic N) is 2. The zero-order chi connectivity index (χ0) is 17.0. The first-order valence-electron chi connectivity index (χ1n) is 7.99. The van der Waals surface area contributed by atoms with Crippen LogP contribution >= 0.6 is 0 Å². The predicted octanol–water partition coefficient (Wildman–Crippen LogP) is 3.09. The molecule has 0 unspecified atom stereocenters. The van der Waals surface area contributed by atoms with Gasteiger partial charge in [-0.3, -0.25) is 9.79 Å². The Morgan fingerprint density at radius 3 is 2.46 bits per heavy atom. The Bertz CT molecular complexity index is 793. The van der Waals surface area contributed by atoms with Crippen molar-refractivity contribution in [1.82, 2.24) is 5.32 Å². The Kier molecular flexibility index (Phi) is 4.43. The molecule has 3 rings (SSSR count). The molecule has 1 N–H and O–H groups in total. The van der Waals surface area contributed by atoms with Crippen molar-refractivity contribution in [3.05, 3.63) is 71.8 Å². The molecule has 1 heterocycles. The van der Waals surface area contributed by atoms with Gasteiger partial charge in [0.1, 0.15) is 0 Å². The van der Waals surface area contributed by atoms with Crippen LogP contribution in [0.25, 0.3) is 0 Å². The number of rotatable bonds is 4. The Balaban J connectivity index is 1.79. The van der Waals surface area contributed by atoms with Gasteiger partial charge in [0.15, 0.2) is 5.54 Å². The van der Waals surface area contributed by atoms with Gasteiger partial charge < -0.3 is 5.32 Å². The van der Waals surface area contributed by atoms with Crippen LogP contribution in [0.15, 0.2) is 65.7 Å². The molecule has 0 radical (unpaired) electrons. The maximum absolute atomic E-state index is 12.7. The van der Waals surface area contributed by atoms with Crippen LogP contribution in [-0.4, -0.2) is 17.2 Å². The second-order valence-electron chi connectivity index (χ2n) is 6.13. The summed E-state index contributed by atoms with van der Waals surface area (Å²) in [6.45, 7) is 2.18. The maximum atomic E-state index is 12.7. The summed E-state index contributed by atoms with van der Waals surface area (Å²) in [5.41, 5.74) is 1.76. The van der Waals surface area contributed by atoms with Crippen molar-refractivity contribution in [2.45, 2.75) is 25.4 Å². The van der Waals surface area contributed by atoms with Gasteiger partial charge in [-0.15, -0.1) is 0 Å². The summed E-state index contributed by atoms with van der Waals surface area (Å²) >= 11 is 0. The lowest BCUT2D eigenvalue weighted by atomic mass is 9.86. The van der Waals surface area contributed by atoms with Gasteiger partial charge >= 0.3 is 0 Å². The van der Waals surface area contributed by atoms with Crippen LogP contribution < -0.4 is 5.32 Å². The van der Waals surface area contributed by atoms with Crippen LogP contribution in [0, 0.1) is 17.2 Å². The molecule has 2 aromatic rings. The molecular formula is C20H19N3O. The minimum atomic E-state index is -1.05. The van der Waals surface area contributed by atoms with Gasteiger partial charge in [0.05, 0.1) is 12.0 Å². The fourth-order valence-corrected chi connectivity index (χ4v) is 2.95. The second-order valence-corrected chi connectivity index (χ2v) is 6.13.